The number of rotatable bonds is 10. The molecule has 1 aromatic heterocycles. The van der Waals surface area contributed by atoms with E-state index in [0.29, 0.717) is 17.2 Å². The van der Waals surface area contributed by atoms with Crippen LogP contribution in [0.5, 0.6) is 0 Å². The second-order valence-corrected chi connectivity index (χ2v) is 10.6. The van der Waals surface area contributed by atoms with Gasteiger partial charge >= 0.3 is 6.18 Å². The molecule has 1 aliphatic rings. The van der Waals surface area contributed by atoms with E-state index in [4.69, 9.17) is 5.73 Å². The number of hydrogen-bond donors (Lipinski definition) is 2. The molecule has 0 aliphatic carbocycles. The number of hydrazone groups is 1. The number of nitrogens with one attached hydrogen (secondary N) is 1. The molecule has 1 unspecified atom stereocenters. The van der Waals surface area contributed by atoms with Gasteiger partial charge in [0.05, 0.1) is 17.3 Å². The number of carbonyl (C=O) groups is 2. The lowest BCUT2D eigenvalue weighted by Gasteiger charge is -2.29. The molecule has 7 nitrogen and oxygen atoms in total. The Morgan fingerprint density at radius 1 is 1.05 bits per heavy atom. The maximum Gasteiger partial charge on any atom is 0.431 e. The summed E-state index contributed by atoms with van der Waals surface area (Å²) in [7, 11) is 0. The van der Waals surface area contributed by atoms with Crippen molar-refractivity contribution in [2.75, 3.05) is 6.54 Å². The number of nitrogens with two attached hydrogens (primary N) is 1. The number of pyridine rings is 1. The van der Waals surface area contributed by atoms with Crippen LogP contribution in [0.2, 0.25) is 0 Å². The number of carbonyl (C=O) groups excluding carboxylic acids is 2. The van der Waals surface area contributed by atoms with Gasteiger partial charge in [0.25, 0.3) is 5.91 Å². The molecule has 3 N–H and O–H groups in total. The van der Waals surface area contributed by atoms with Crippen LogP contribution in [-0.4, -0.2) is 46.3 Å². The highest BCUT2D eigenvalue weighted by atomic mass is 19.4. The van der Waals surface area contributed by atoms with Crippen LogP contribution in [0.4, 0.5) is 26.3 Å². The zero-order chi connectivity index (χ0) is 31.5. The van der Waals surface area contributed by atoms with Gasteiger partial charge in [-0.15, -0.1) is 0 Å². The number of halogens is 6. The summed E-state index contributed by atoms with van der Waals surface area (Å²) in [6.07, 6.45) is -3.61. The first-order valence-corrected chi connectivity index (χ1v) is 13.4. The standard InChI is InChI=1S/C30H29F6N5O2/c1-16(2)10-25(41-9-7-26(40-41)30(34,35)36)29(43)39-24(13-17-11-19(31)15-20(32)12-17)27-21(4-3-8-38-27)18-5-6-23(33)22(14-18)28(37)42/h3-6,8,11-12,14-16,24-25H,7,9-10,13H2,1-2H3,(H2,37,42)(H,39,43)/t24-,25?/m0/s1. The first-order chi connectivity index (χ1) is 20.2. The van der Waals surface area contributed by atoms with Gasteiger partial charge in [-0.05, 0) is 60.2 Å². The third-order valence-corrected chi connectivity index (χ3v) is 6.90. The van der Waals surface area contributed by atoms with Gasteiger partial charge in [-0.25, -0.2) is 13.2 Å². The molecule has 0 bridgehead atoms. The molecule has 2 atom stereocenters. The van der Waals surface area contributed by atoms with Crippen molar-refractivity contribution >= 4 is 17.5 Å². The lowest BCUT2D eigenvalue weighted by atomic mass is 9.93. The highest BCUT2D eigenvalue weighted by Gasteiger charge is 2.41. The summed E-state index contributed by atoms with van der Waals surface area (Å²) in [5.41, 5.74) is 4.98. The minimum absolute atomic E-state index is 0.103. The fourth-order valence-electron chi connectivity index (χ4n) is 4.98. The second-order valence-electron chi connectivity index (χ2n) is 10.6. The maximum atomic E-state index is 14.2. The van der Waals surface area contributed by atoms with Crippen molar-refractivity contribution in [2.24, 2.45) is 16.8 Å². The third kappa shape index (κ3) is 7.70. The highest BCUT2D eigenvalue weighted by molar-refractivity contribution is 5.94. The fraction of sp³-hybridized carbons (Fsp3) is 0.333. The minimum atomic E-state index is -4.64. The molecule has 2 amide bonds. The van der Waals surface area contributed by atoms with E-state index in [1.165, 1.54) is 18.3 Å². The molecule has 43 heavy (non-hydrogen) atoms. The van der Waals surface area contributed by atoms with E-state index in [0.717, 1.165) is 23.2 Å². The highest BCUT2D eigenvalue weighted by Crippen LogP contribution is 2.32. The molecule has 13 heteroatoms. The Hall–Kier alpha value is -4.42. The summed E-state index contributed by atoms with van der Waals surface area (Å²) in [6.45, 7) is 3.48. The lowest BCUT2D eigenvalue weighted by Crippen LogP contribution is -2.46. The van der Waals surface area contributed by atoms with Crippen LogP contribution in [0.15, 0.2) is 59.8 Å². The van der Waals surface area contributed by atoms with Crippen molar-refractivity contribution in [2.45, 2.75) is 51.4 Å². The van der Waals surface area contributed by atoms with Crippen LogP contribution >= 0.6 is 0 Å². The van der Waals surface area contributed by atoms with Crippen molar-refractivity contribution in [1.29, 1.82) is 0 Å². The van der Waals surface area contributed by atoms with E-state index in [2.05, 4.69) is 15.4 Å². The smallest absolute Gasteiger partial charge is 0.366 e. The molecule has 4 rings (SSSR count). The first kappa shape index (κ1) is 31.5. The van der Waals surface area contributed by atoms with Crippen LogP contribution in [-0.2, 0) is 11.2 Å². The van der Waals surface area contributed by atoms with Crippen molar-refractivity contribution in [3.05, 3.63) is 89.0 Å². The van der Waals surface area contributed by atoms with Gasteiger partial charge in [0.15, 0.2) is 0 Å². The van der Waals surface area contributed by atoms with E-state index < -0.39 is 53.2 Å². The number of benzene rings is 2. The molecular formula is C30H29F6N5O2. The first-order valence-electron chi connectivity index (χ1n) is 13.4. The van der Waals surface area contributed by atoms with E-state index >= 15 is 0 Å². The molecule has 0 radical (unpaired) electrons. The molecule has 2 aromatic carbocycles. The summed E-state index contributed by atoms with van der Waals surface area (Å²) >= 11 is 0. The largest absolute Gasteiger partial charge is 0.431 e. The average Bonchev–Trinajstić information content (AvgIpc) is 3.42. The molecule has 0 fully saturated rings. The van der Waals surface area contributed by atoms with Crippen molar-refractivity contribution in [1.82, 2.24) is 15.3 Å². The molecular weight excluding hydrogens is 576 g/mol. The minimum Gasteiger partial charge on any atom is -0.366 e. The number of hydrogen-bond acceptors (Lipinski definition) is 5. The van der Waals surface area contributed by atoms with Crippen LogP contribution in [0.25, 0.3) is 11.1 Å². The summed E-state index contributed by atoms with van der Waals surface area (Å²) in [6, 6.07) is 7.50. The van der Waals surface area contributed by atoms with Gasteiger partial charge in [0, 0.05) is 30.8 Å². The van der Waals surface area contributed by atoms with E-state index in [9.17, 15) is 35.9 Å². The number of primary amides is 1. The number of aromatic nitrogens is 1. The predicted octanol–water partition coefficient (Wildman–Crippen LogP) is 5.70. The Bertz CT molecular complexity index is 1520. The zero-order valence-electron chi connectivity index (χ0n) is 23.3. The van der Waals surface area contributed by atoms with Gasteiger partial charge in [0.2, 0.25) is 5.91 Å². The monoisotopic (exact) mass is 605 g/mol. The lowest BCUT2D eigenvalue weighted by molar-refractivity contribution is -0.127. The predicted molar refractivity (Wildman–Crippen MR) is 147 cm³/mol. The summed E-state index contributed by atoms with van der Waals surface area (Å²) in [5.74, 6) is -4.33. The van der Waals surface area contributed by atoms with Gasteiger partial charge in [-0.1, -0.05) is 26.0 Å². The number of nitrogens with zero attached hydrogens (tertiary/aromatic N) is 3. The van der Waals surface area contributed by atoms with E-state index in [1.54, 1.807) is 26.0 Å². The summed E-state index contributed by atoms with van der Waals surface area (Å²) < 4.78 is 82.5. The topological polar surface area (TPSA) is 101 Å². The van der Waals surface area contributed by atoms with Crippen LogP contribution in [0.1, 0.15) is 54.3 Å². The maximum absolute atomic E-state index is 14.2. The molecule has 0 spiro atoms. The molecule has 1 aliphatic heterocycles. The van der Waals surface area contributed by atoms with Crippen molar-refractivity contribution in [3.63, 3.8) is 0 Å². The van der Waals surface area contributed by atoms with Crippen molar-refractivity contribution in [3.8, 4) is 11.1 Å². The van der Waals surface area contributed by atoms with Gasteiger partial charge in [-0.3, -0.25) is 19.6 Å². The number of amides is 2. The average molecular weight is 606 g/mol. The normalized spacial score (nSPS) is 14.9. The van der Waals surface area contributed by atoms with Crippen LogP contribution < -0.4 is 11.1 Å². The summed E-state index contributed by atoms with van der Waals surface area (Å²) in [5, 5.41) is 7.61. The second kappa shape index (κ2) is 12.8. The van der Waals surface area contributed by atoms with E-state index in [-0.39, 0.29) is 48.5 Å². The quantitative estimate of drug-likeness (QED) is 0.290. The van der Waals surface area contributed by atoms with E-state index in [1.807, 2.05) is 0 Å². The summed E-state index contributed by atoms with van der Waals surface area (Å²) in [4.78, 5) is 30.0. The zero-order valence-corrected chi connectivity index (χ0v) is 23.3. The Morgan fingerprint density at radius 3 is 2.35 bits per heavy atom. The van der Waals surface area contributed by atoms with Crippen LogP contribution in [0.3, 0.4) is 0 Å². The molecule has 228 valence electrons. The SMILES string of the molecule is CC(C)CC(C(=O)N[C@@H](Cc1cc(F)cc(F)c1)c1ncccc1-c1ccc(F)c(C(N)=O)c1)N1CCC(C(F)(F)F)=N1. The Morgan fingerprint density at radius 2 is 1.74 bits per heavy atom. The molecule has 0 saturated carbocycles. The van der Waals surface area contributed by atoms with Gasteiger partial charge in [0.1, 0.15) is 29.2 Å². The Labute approximate surface area is 243 Å². The van der Waals surface area contributed by atoms with Crippen molar-refractivity contribution < 1.29 is 35.9 Å². The number of alkyl halides is 3. The fourth-order valence-corrected chi connectivity index (χ4v) is 4.98. The Balaban J connectivity index is 1.77. The molecule has 0 saturated heterocycles. The molecule has 2 heterocycles. The third-order valence-electron chi connectivity index (χ3n) is 6.90. The molecule has 3 aromatic rings. The van der Waals surface area contributed by atoms with Gasteiger partial charge in [-0.2, -0.15) is 18.3 Å². The van der Waals surface area contributed by atoms with Crippen LogP contribution in [0, 0.1) is 23.4 Å². The van der Waals surface area contributed by atoms with Gasteiger partial charge < -0.3 is 11.1 Å². The Kier molecular flexibility index (Phi) is 9.41.